The Kier molecular flexibility index (Phi) is 43.4. The summed E-state index contributed by atoms with van der Waals surface area (Å²) in [4.78, 5) is 238. The number of unbranched alkanes of at least 4 members (excludes halogenated alkanes) is 16. The molecule has 648 valence electrons. The maximum Gasteiger partial charge on any atom is 0.305 e. The number of nitrogens with two attached hydrogens (primary N) is 2. The first-order valence-corrected chi connectivity index (χ1v) is 44.0. The Balaban J connectivity index is 1.50. The van der Waals surface area contributed by atoms with Gasteiger partial charge in [0.2, 0.25) is 82.7 Å². The van der Waals surface area contributed by atoms with Crippen LogP contribution < -0.4 is 59.3 Å². The van der Waals surface area contributed by atoms with Crippen molar-refractivity contribution in [3.8, 4) is 0 Å². The zero-order valence-electron chi connectivity index (χ0n) is 66.9. The smallest absolute Gasteiger partial charge is 0.305 e. The van der Waals surface area contributed by atoms with E-state index in [-0.39, 0.29) is 111 Å². The van der Waals surface area contributed by atoms with Gasteiger partial charge in [0.25, 0.3) is 0 Å². The van der Waals surface area contributed by atoms with Crippen LogP contribution in [0.5, 0.6) is 0 Å². The number of hydrogen-bond donors (Lipinski definition) is 15. The molecule has 5 aliphatic rings. The minimum absolute atomic E-state index is 0.00618. The molecule has 0 bridgehead atoms. The van der Waals surface area contributed by atoms with E-state index in [2.05, 4.69) is 54.8 Å². The number of carboxylic acid groups (broad SMARTS) is 3. The number of carboxylic acids is 3. The number of hydrogen-bond acceptors (Lipinski definition) is 22. The summed E-state index contributed by atoms with van der Waals surface area (Å²) in [5, 5.41) is 62.1. The summed E-state index contributed by atoms with van der Waals surface area (Å²) in [6.07, 6.45) is 14.0. The number of carbonyl (C=O) groups excluding carboxylic acids is 14. The highest BCUT2D eigenvalue weighted by Crippen LogP contribution is 2.36. The van der Waals surface area contributed by atoms with E-state index in [9.17, 15) is 78.0 Å². The van der Waals surface area contributed by atoms with Crippen LogP contribution in [0.1, 0.15) is 220 Å². The zero-order valence-corrected chi connectivity index (χ0v) is 69.3. The van der Waals surface area contributed by atoms with Gasteiger partial charge in [0.05, 0.1) is 44.6 Å². The number of carbonyl (C=O) groups is 17. The Morgan fingerprint density at radius 1 is 0.583 bits per heavy atom. The van der Waals surface area contributed by atoms with Crippen LogP contribution in [0.2, 0.25) is 0 Å². The molecule has 39 heteroatoms. The number of ether oxygens (including phenoxy) is 1. The Morgan fingerprint density at radius 3 is 1.72 bits per heavy atom. The van der Waals surface area contributed by atoms with Crippen molar-refractivity contribution in [1.29, 1.82) is 0 Å². The Hall–Kier alpha value is -8.04. The molecular formula is C76H124N14O22S3. The average Bonchev–Trinajstić information content (AvgIpc) is 1.75. The molecule has 0 aliphatic carbocycles. The molecule has 115 heavy (non-hydrogen) atoms. The normalized spacial score (nSPS) is 22.7. The predicted molar refractivity (Wildman–Crippen MR) is 427 cm³/mol. The van der Waals surface area contributed by atoms with Crippen molar-refractivity contribution in [2.75, 3.05) is 67.5 Å². The first kappa shape index (κ1) is 97.5. The van der Waals surface area contributed by atoms with Gasteiger partial charge in [-0.15, -0.1) is 11.8 Å². The molecule has 0 aromatic carbocycles. The minimum Gasteiger partial charge on any atom is -0.481 e. The lowest BCUT2D eigenvalue weighted by molar-refractivity contribution is -0.148. The van der Waals surface area contributed by atoms with Crippen molar-refractivity contribution in [2.45, 2.75) is 293 Å². The highest BCUT2D eigenvalue weighted by Gasteiger charge is 2.49. The van der Waals surface area contributed by atoms with Gasteiger partial charge in [-0.25, -0.2) is 0 Å². The van der Waals surface area contributed by atoms with E-state index in [1.54, 1.807) is 13.8 Å². The van der Waals surface area contributed by atoms with Crippen molar-refractivity contribution < 1.29 is 107 Å². The third kappa shape index (κ3) is 35.0. The quantitative estimate of drug-likeness (QED) is 0.0375. The Bertz CT molecular complexity index is 3320. The van der Waals surface area contributed by atoms with Gasteiger partial charge in [-0.05, 0) is 64.2 Å². The number of primary amides is 2. The van der Waals surface area contributed by atoms with Crippen LogP contribution in [0.3, 0.4) is 0 Å². The highest BCUT2D eigenvalue weighted by atomic mass is 32.2. The fraction of sp³-hybridized carbons (Fsp3) is 0.776. The maximum atomic E-state index is 15.5. The lowest BCUT2D eigenvalue weighted by atomic mass is 9.91. The van der Waals surface area contributed by atoms with Crippen molar-refractivity contribution in [1.82, 2.24) is 62.6 Å². The molecule has 5 saturated heterocycles. The molecule has 5 fully saturated rings. The van der Waals surface area contributed by atoms with Crippen molar-refractivity contribution in [2.24, 2.45) is 22.8 Å². The van der Waals surface area contributed by atoms with Crippen LogP contribution in [0.25, 0.3) is 0 Å². The summed E-state index contributed by atoms with van der Waals surface area (Å²) < 4.78 is 5.72. The average molecular weight is 1680 g/mol. The van der Waals surface area contributed by atoms with Crippen molar-refractivity contribution in [3.63, 3.8) is 0 Å². The van der Waals surface area contributed by atoms with Crippen LogP contribution in [0, 0.1) is 11.3 Å². The van der Waals surface area contributed by atoms with Gasteiger partial charge in [-0.1, -0.05) is 124 Å². The second-order valence-corrected chi connectivity index (χ2v) is 34.3. The second-order valence-electron chi connectivity index (χ2n) is 31.3. The summed E-state index contributed by atoms with van der Waals surface area (Å²) in [7, 11) is 0. The molecule has 5 rings (SSSR count). The van der Waals surface area contributed by atoms with E-state index in [0.29, 0.717) is 6.42 Å². The SMILES string of the molecule is CCCCCCCCCCCCCCCCCCCC(=O)N[C@H]1C[C@H]2C(=O)N[C@@H](CCC(N)=O)C(=O)N[C@H](C(=O)N[C@@H](CC(=O)O)C(=O)N3CSC[C@H]3C(=O)N[C@@H](CCC(=O)O)C(N)=O)CSCC3(COC3)CSC[C@H](NC(=O)[C@H](CCC(=O)O)NC(=O)CNC(=O)C[C@@H](C)O)C(=O)N[C@@H](CC(C)C)C(=O)N3CCC[C@@H]3C(=O)N2C1. The van der Waals surface area contributed by atoms with Crippen LogP contribution in [0.4, 0.5) is 0 Å². The van der Waals surface area contributed by atoms with E-state index in [0.717, 1.165) is 72.3 Å². The standard InChI is InChI=1S/C76H124N14O22S3/c1-5-6-7-8-9-10-11-12-13-14-15-16-17-18-19-20-21-24-60(93)80-48-34-57-71(107)83-51(25-28-59(77)92)68(104)87-55(70(106)85-53(35-65(100)101)74(110)90-45-115-40-58(90)72(108)82-49(66(78)102)26-29-63(96)97)39-114-44-76(41-112-42-76)43-113-38-54(86-67(103)50(27-30-64(98)99)81-62(95)36-79-61(94)33-47(4)91)69(105)84-52(32-46(2)3)73(109)88-31-22-23-56(88)75(111)89(57)37-48/h46-58,91H,5-45H2,1-4H3,(H2,77,92)(H2,78,102)(H,79,94)(H,80,93)(H,81,95)(H,82,108)(H,83,107)(H,84,105)(H,85,106)(H,86,103)(H,87,104)(H,96,97)(H,98,99)(H,100,101)/t47-,48+,49+,50+,51+,52+,53+,54+,55+,56-,57+,58+/m1/s1. The first-order valence-electron chi connectivity index (χ1n) is 40.5. The van der Waals surface area contributed by atoms with E-state index < -0.39 is 224 Å². The molecule has 14 amide bonds. The van der Waals surface area contributed by atoms with Crippen LogP contribution >= 0.6 is 35.3 Å². The van der Waals surface area contributed by atoms with Gasteiger partial charge in [0.15, 0.2) is 0 Å². The summed E-state index contributed by atoms with van der Waals surface area (Å²) in [6, 6.07) is -16.5. The van der Waals surface area contributed by atoms with Gasteiger partial charge < -0.3 is 99.2 Å². The molecule has 12 atom stereocenters. The molecule has 5 aliphatic heterocycles. The molecule has 0 aromatic rings. The van der Waals surface area contributed by atoms with Gasteiger partial charge in [0.1, 0.15) is 60.4 Å². The third-order valence-electron chi connectivity index (χ3n) is 20.7. The number of aliphatic hydroxyl groups excluding tert-OH is 1. The molecule has 0 radical (unpaired) electrons. The third-order valence-corrected chi connectivity index (χ3v) is 24.5. The number of thioether (sulfide) groups is 3. The summed E-state index contributed by atoms with van der Waals surface area (Å²) >= 11 is 3.24. The molecular weight excluding hydrogens is 1560 g/mol. The molecule has 0 unspecified atom stereocenters. The summed E-state index contributed by atoms with van der Waals surface area (Å²) in [5.74, 6) is -17.9. The van der Waals surface area contributed by atoms with Crippen LogP contribution in [0.15, 0.2) is 0 Å². The number of nitrogens with one attached hydrogen (secondary N) is 9. The van der Waals surface area contributed by atoms with Crippen LogP contribution in [-0.4, -0.2) is 276 Å². The van der Waals surface area contributed by atoms with E-state index >= 15 is 24.0 Å². The van der Waals surface area contributed by atoms with E-state index in [1.165, 1.54) is 87.4 Å². The number of fused-ring (bicyclic) bond motifs is 2. The predicted octanol–water partition coefficient (Wildman–Crippen LogP) is 0.785. The highest BCUT2D eigenvalue weighted by molar-refractivity contribution is 8.00. The first-order chi connectivity index (χ1) is 54.7. The molecule has 0 aromatic heterocycles. The number of aliphatic hydroxyl groups is 1. The van der Waals surface area contributed by atoms with Crippen molar-refractivity contribution in [3.05, 3.63) is 0 Å². The van der Waals surface area contributed by atoms with Crippen LogP contribution in [-0.2, 0) is 86.2 Å². The maximum absolute atomic E-state index is 15.5. The Labute approximate surface area is 684 Å². The lowest BCUT2D eigenvalue weighted by Crippen LogP contribution is -2.61. The molecule has 1 spiro atoms. The number of amides is 14. The van der Waals surface area contributed by atoms with Gasteiger partial charge in [-0.3, -0.25) is 81.5 Å². The van der Waals surface area contributed by atoms with E-state index in [1.807, 2.05) is 0 Å². The van der Waals surface area contributed by atoms with Crippen molar-refractivity contribution >= 4 is 136 Å². The molecule has 5 heterocycles. The molecule has 17 N–H and O–H groups in total. The number of aliphatic carboxylic acids is 3. The Morgan fingerprint density at radius 2 is 1.17 bits per heavy atom. The number of rotatable bonds is 45. The number of nitrogens with zero attached hydrogens (tertiary/aromatic N) is 3. The lowest BCUT2D eigenvalue weighted by Gasteiger charge is -2.41. The zero-order chi connectivity index (χ0) is 84.7. The fourth-order valence-electron chi connectivity index (χ4n) is 14.4. The largest absolute Gasteiger partial charge is 0.481 e. The van der Waals surface area contributed by atoms with Gasteiger partial charge in [-0.2, -0.15) is 23.5 Å². The summed E-state index contributed by atoms with van der Waals surface area (Å²) in [5.41, 5.74) is 10.3. The summed E-state index contributed by atoms with van der Waals surface area (Å²) in [6.45, 7) is 6.32. The van der Waals surface area contributed by atoms with Gasteiger partial charge in [0, 0.05) is 79.0 Å². The topological polar surface area (TPSA) is 550 Å². The van der Waals surface area contributed by atoms with E-state index in [4.69, 9.17) is 16.2 Å². The van der Waals surface area contributed by atoms with Gasteiger partial charge >= 0.3 is 17.9 Å². The fourth-order valence-corrected chi connectivity index (χ4v) is 18.2. The monoisotopic (exact) mass is 1680 g/mol. The molecule has 36 nitrogen and oxygen atoms in total. The second kappa shape index (κ2) is 51.2. The molecule has 0 saturated carbocycles. The minimum atomic E-state index is -1.96.